The predicted molar refractivity (Wildman–Crippen MR) is 101 cm³/mol. The van der Waals surface area contributed by atoms with E-state index in [0.29, 0.717) is 18.9 Å². The monoisotopic (exact) mass is 364 g/mol. The van der Waals surface area contributed by atoms with Gasteiger partial charge in [-0.2, -0.15) is 0 Å². The molecule has 1 aromatic heterocycles. The highest BCUT2D eigenvalue weighted by molar-refractivity contribution is 7.09. The third-order valence-corrected chi connectivity index (χ3v) is 4.16. The Balaban J connectivity index is 1.66. The molecule has 0 aliphatic carbocycles. The van der Waals surface area contributed by atoms with Crippen molar-refractivity contribution in [2.75, 3.05) is 26.2 Å². The van der Waals surface area contributed by atoms with Gasteiger partial charge in [-0.3, -0.25) is 4.99 Å². The summed E-state index contributed by atoms with van der Waals surface area (Å²) in [4.78, 5) is 8.98. The predicted octanol–water partition coefficient (Wildman–Crippen LogP) is 3.16. The highest BCUT2D eigenvalue weighted by atomic mass is 32.1. The molecule has 0 aliphatic rings. The van der Waals surface area contributed by atoms with Crippen LogP contribution in [0.5, 0.6) is 5.75 Å². The van der Waals surface area contributed by atoms with E-state index in [2.05, 4.69) is 26.0 Å². The lowest BCUT2D eigenvalue weighted by Gasteiger charge is -2.11. The van der Waals surface area contributed by atoms with Gasteiger partial charge in [0, 0.05) is 37.9 Å². The number of thiazole rings is 1. The zero-order chi connectivity index (χ0) is 17.9. The fourth-order valence-corrected chi connectivity index (χ4v) is 2.80. The summed E-state index contributed by atoms with van der Waals surface area (Å²) in [6.45, 7) is 6.87. The number of ether oxygens (including phenoxy) is 1. The van der Waals surface area contributed by atoms with Crippen LogP contribution in [0.4, 0.5) is 4.39 Å². The second-order valence-electron chi connectivity index (χ2n) is 5.45. The molecule has 0 radical (unpaired) electrons. The maximum Gasteiger partial charge on any atom is 0.191 e. The summed E-state index contributed by atoms with van der Waals surface area (Å²) in [6.07, 6.45) is 1.67. The molecule has 7 heteroatoms. The standard InChI is InChI=1S/C18H25FN4OS/c1-3-20-18(22-11-9-16-13-25-14(2)23-16)21-10-4-12-24-17-7-5-15(19)6-8-17/h5-8,13H,3-4,9-12H2,1-2H3,(H2,20,21,22). The molecule has 1 heterocycles. The molecular weight excluding hydrogens is 339 g/mol. The van der Waals surface area contributed by atoms with Crippen LogP contribution in [0.2, 0.25) is 0 Å². The summed E-state index contributed by atoms with van der Waals surface area (Å²) in [7, 11) is 0. The summed E-state index contributed by atoms with van der Waals surface area (Å²) in [5.41, 5.74) is 1.11. The summed E-state index contributed by atoms with van der Waals surface area (Å²) in [5.74, 6) is 1.22. The maximum absolute atomic E-state index is 12.8. The van der Waals surface area contributed by atoms with Crippen molar-refractivity contribution in [2.24, 2.45) is 4.99 Å². The van der Waals surface area contributed by atoms with E-state index in [1.54, 1.807) is 23.5 Å². The van der Waals surface area contributed by atoms with Crippen LogP contribution >= 0.6 is 11.3 Å². The lowest BCUT2D eigenvalue weighted by atomic mass is 10.3. The Morgan fingerprint density at radius 3 is 2.76 bits per heavy atom. The van der Waals surface area contributed by atoms with Crippen LogP contribution in [0.15, 0.2) is 34.6 Å². The minimum Gasteiger partial charge on any atom is -0.494 e. The minimum atomic E-state index is -0.258. The second-order valence-corrected chi connectivity index (χ2v) is 6.51. The maximum atomic E-state index is 12.8. The van der Waals surface area contributed by atoms with Gasteiger partial charge < -0.3 is 15.4 Å². The van der Waals surface area contributed by atoms with E-state index in [4.69, 9.17) is 4.74 Å². The second kappa shape index (κ2) is 10.7. The number of nitrogens with zero attached hydrogens (tertiary/aromatic N) is 2. The van der Waals surface area contributed by atoms with Gasteiger partial charge in [0.15, 0.2) is 5.96 Å². The van der Waals surface area contributed by atoms with Crippen LogP contribution in [-0.4, -0.2) is 37.2 Å². The van der Waals surface area contributed by atoms with Gasteiger partial charge in [-0.1, -0.05) is 0 Å². The Kier molecular flexibility index (Phi) is 8.18. The van der Waals surface area contributed by atoms with Crippen molar-refractivity contribution < 1.29 is 9.13 Å². The molecule has 2 rings (SSSR count). The van der Waals surface area contributed by atoms with Gasteiger partial charge >= 0.3 is 0 Å². The van der Waals surface area contributed by atoms with Gasteiger partial charge in [-0.25, -0.2) is 9.37 Å². The molecule has 0 saturated heterocycles. The first kappa shape index (κ1) is 19.2. The number of rotatable bonds is 9. The Morgan fingerprint density at radius 1 is 1.28 bits per heavy atom. The van der Waals surface area contributed by atoms with Crippen LogP contribution in [0.3, 0.4) is 0 Å². The highest BCUT2D eigenvalue weighted by Crippen LogP contribution is 2.11. The van der Waals surface area contributed by atoms with Crippen LogP contribution in [-0.2, 0) is 6.42 Å². The van der Waals surface area contributed by atoms with Crippen molar-refractivity contribution in [3.63, 3.8) is 0 Å². The molecular formula is C18H25FN4OS. The third kappa shape index (κ3) is 7.51. The Morgan fingerprint density at radius 2 is 2.08 bits per heavy atom. The van der Waals surface area contributed by atoms with Crippen molar-refractivity contribution in [1.82, 2.24) is 15.6 Å². The molecule has 0 unspecified atom stereocenters. The molecule has 136 valence electrons. The molecule has 5 nitrogen and oxygen atoms in total. The fourth-order valence-electron chi connectivity index (χ4n) is 2.15. The largest absolute Gasteiger partial charge is 0.494 e. The minimum absolute atomic E-state index is 0.258. The first-order chi connectivity index (χ1) is 12.2. The van der Waals surface area contributed by atoms with Crippen molar-refractivity contribution >= 4 is 17.3 Å². The first-order valence-corrected chi connectivity index (χ1v) is 9.37. The number of aryl methyl sites for hydroxylation is 1. The SMILES string of the molecule is CCNC(=NCCCOc1ccc(F)cc1)NCCc1csc(C)n1. The molecule has 0 atom stereocenters. The Labute approximate surface area is 152 Å². The lowest BCUT2D eigenvalue weighted by Crippen LogP contribution is -2.38. The van der Waals surface area contributed by atoms with Crippen LogP contribution < -0.4 is 15.4 Å². The van der Waals surface area contributed by atoms with Crippen molar-refractivity contribution in [2.45, 2.75) is 26.7 Å². The van der Waals surface area contributed by atoms with Gasteiger partial charge in [-0.05, 0) is 38.1 Å². The molecule has 2 aromatic rings. The molecule has 0 aliphatic heterocycles. The summed E-state index contributed by atoms with van der Waals surface area (Å²) in [6, 6.07) is 6.05. The van der Waals surface area contributed by atoms with Crippen LogP contribution in [0.1, 0.15) is 24.0 Å². The molecule has 0 amide bonds. The topological polar surface area (TPSA) is 58.5 Å². The van der Waals surface area contributed by atoms with Crippen molar-refractivity contribution in [3.8, 4) is 5.75 Å². The zero-order valence-electron chi connectivity index (χ0n) is 14.7. The number of guanidine groups is 1. The van der Waals surface area contributed by atoms with E-state index in [1.165, 1.54) is 12.1 Å². The summed E-state index contributed by atoms with van der Waals surface area (Å²) < 4.78 is 18.4. The molecule has 0 bridgehead atoms. The normalized spacial score (nSPS) is 11.4. The molecule has 0 spiro atoms. The lowest BCUT2D eigenvalue weighted by molar-refractivity contribution is 0.313. The van der Waals surface area contributed by atoms with Crippen LogP contribution in [0.25, 0.3) is 0 Å². The quantitative estimate of drug-likeness (QED) is 0.408. The number of aliphatic imine (C=N–C) groups is 1. The molecule has 2 N–H and O–H groups in total. The van der Waals surface area contributed by atoms with Gasteiger partial charge in [0.1, 0.15) is 11.6 Å². The number of hydrogen-bond donors (Lipinski definition) is 2. The van der Waals surface area contributed by atoms with E-state index in [1.807, 2.05) is 13.8 Å². The van der Waals surface area contributed by atoms with E-state index in [9.17, 15) is 4.39 Å². The highest BCUT2D eigenvalue weighted by Gasteiger charge is 2.01. The molecule has 25 heavy (non-hydrogen) atoms. The zero-order valence-corrected chi connectivity index (χ0v) is 15.5. The van der Waals surface area contributed by atoms with E-state index in [-0.39, 0.29) is 5.82 Å². The number of nitrogens with one attached hydrogen (secondary N) is 2. The fraction of sp³-hybridized carbons (Fsp3) is 0.444. The van der Waals surface area contributed by atoms with Crippen molar-refractivity contribution in [3.05, 3.63) is 46.2 Å². The average Bonchev–Trinajstić information content (AvgIpc) is 3.01. The smallest absolute Gasteiger partial charge is 0.191 e. The van der Waals surface area contributed by atoms with Gasteiger partial charge in [0.2, 0.25) is 0 Å². The molecule has 0 saturated carbocycles. The summed E-state index contributed by atoms with van der Waals surface area (Å²) >= 11 is 1.67. The number of benzene rings is 1. The van der Waals surface area contributed by atoms with E-state index >= 15 is 0 Å². The Bertz CT molecular complexity index is 657. The number of aromatic nitrogens is 1. The summed E-state index contributed by atoms with van der Waals surface area (Å²) in [5, 5.41) is 9.73. The first-order valence-electron chi connectivity index (χ1n) is 8.49. The third-order valence-electron chi connectivity index (χ3n) is 3.34. The van der Waals surface area contributed by atoms with Gasteiger partial charge in [0.25, 0.3) is 0 Å². The van der Waals surface area contributed by atoms with Crippen LogP contribution in [0, 0.1) is 12.7 Å². The molecule has 0 fully saturated rings. The van der Waals surface area contributed by atoms with Gasteiger partial charge in [-0.15, -0.1) is 11.3 Å². The Hall–Kier alpha value is -2.15. The molecule has 1 aromatic carbocycles. The van der Waals surface area contributed by atoms with E-state index in [0.717, 1.165) is 42.6 Å². The van der Waals surface area contributed by atoms with Crippen molar-refractivity contribution in [1.29, 1.82) is 0 Å². The van der Waals surface area contributed by atoms with Gasteiger partial charge in [0.05, 0.1) is 17.3 Å². The van der Waals surface area contributed by atoms with E-state index < -0.39 is 0 Å². The average molecular weight is 364 g/mol. The number of halogens is 1. The number of hydrogen-bond acceptors (Lipinski definition) is 4.